The van der Waals surface area contributed by atoms with Crippen LogP contribution in [0.2, 0.25) is 0 Å². The zero-order valence-electron chi connectivity index (χ0n) is 23.0. The van der Waals surface area contributed by atoms with Crippen LogP contribution in [0, 0.1) is 17.8 Å². The quantitative estimate of drug-likeness (QED) is 0.339. The maximum Gasteiger partial charge on any atom is 0.420 e. The number of carbonyl (C=O) groups is 2. The number of nitrogens with zero attached hydrogens (tertiary/aromatic N) is 3. The zero-order valence-corrected chi connectivity index (χ0v) is 23.8. The summed E-state index contributed by atoms with van der Waals surface area (Å²) in [5, 5.41) is 2.51. The molecule has 6 rings (SSSR count). The lowest BCUT2D eigenvalue weighted by Crippen LogP contribution is -2.37. The van der Waals surface area contributed by atoms with Crippen molar-refractivity contribution in [2.75, 3.05) is 36.0 Å². The van der Waals surface area contributed by atoms with E-state index in [1.54, 1.807) is 4.90 Å². The van der Waals surface area contributed by atoms with Crippen molar-refractivity contribution in [3.8, 4) is 5.06 Å². The molecular formula is C32H37N3O3S. The van der Waals surface area contributed by atoms with Gasteiger partial charge in [0.15, 0.2) is 5.06 Å². The van der Waals surface area contributed by atoms with E-state index in [0.717, 1.165) is 44.0 Å². The van der Waals surface area contributed by atoms with Crippen molar-refractivity contribution < 1.29 is 14.3 Å². The summed E-state index contributed by atoms with van der Waals surface area (Å²) < 4.78 is 5.73. The highest BCUT2D eigenvalue weighted by Gasteiger charge is 2.56. The van der Waals surface area contributed by atoms with Gasteiger partial charge in [0.25, 0.3) is 0 Å². The summed E-state index contributed by atoms with van der Waals surface area (Å²) in [6.45, 7) is 11.3. The summed E-state index contributed by atoms with van der Waals surface area (Å²) in [5.41, 5.74) is 4.60. The molecule has 2 amide bonds. The van der Waals surface area contributed by atoms with Gasteiger partial charge in [0.1, 0.15) is 0 Å². The first-order chi connectivity index (χ1) is 18.8. The monoisotopic (exact) mass is 543 g/mol. The van der Waals surface area contributed by atoms with Crippen molar-refractivity contribution >= 4 is 34.7 Å². The van der Waals surface area contributed by atoms with Crippen LogP contribution in [0.5, 0.6) is 5.06 Å². The number of rotatable bonds is 7. The molecule has 7 heteroatoms. The minimum absolute atomic E-state index is 0.164. The second-order valence-corrected chi connectivity index (χ2v) is 13.1. The van der Waals surface area contributed by atoms with Crippen LogP contribution < -0.4 is 14.5 Å². The van der Waals surface area contributed by atoms with Gasteiger partial charge in [-0.05, 0) is 82.5 Å². The van der Waals surface area contributed by atoms with Gasteiger partial charge in [0, 0.05) is 50.5 Å². The first kappa shape index (κ1) is 26.1. The predicted octanol–water partition coefficient (Wildman–Crippen LogP) is 6.56. The molecule has 2 aliphatic heterocycles. The van der Waals surface area contributed by atoms with Gasteiger partial charge in [-0.3, -0.25) is 14.6 Å². The second-order valence-electron chi connectivity index (χ2n) is 12.2. The molecule has 3 aliphatic rings. The number of hydrogen-bond acceptors (Lipinski definition) is 5. The lowest BCUT2D eigenvalue weighted by Gasteiger charge is -2.25. The number of benzene rings is 2. The lowest BCUT2D eigenvalue weighted by molar-refractivity contribution is -0.117. The van der Waals surface area contributed by atoms with E-state index >= 15 is 0 Å². The van der Waals surface area contributed by atoms with E-state index in [9.17, 15) is 9.59 Å². The van der Waals surface area contributed by atoms with E-state index in [2.05, 4.69) is 49.9 Å². The fourth-order valence-electron chi connectivity index (χ4n) is 6.20. The van der Waals surface area contributed by atoms with Crippen LogP contribution >= 0.6 is 11.3 Å². The third kappa shape index (κ3) is 5.61. The molecule has 6 nitrogen and oxygen atoms in total. The Balaban J connectivity index is 1.10. The molecule has 1 saturated carbocycles. The molecule has 2 unspecified atom stereocenters. The molecular weight excluding hydrogens is 506 g/mol. The highest BCUT2D eigenvalue weighted by atomic mass is 32.1. The molecule has 0 N–H and O–H groups in total. The average molecular weight is 544 g/mol. The highest BCUT2D eigenvalue weighted by molar-refractivity contribution is 7.11. The number of ether oxygens (including phenoxy) is 1. The molecule has 2 saturated heterocycles. The molecule has 3 fully saturated rings. The maximum atomic E-state index is 13.3. The van der Waals surface area contributed by atoms with Gasteiger partial charge in [0.2, 0.25) is 5.91 Å². The Bertz CT molecular complexity index is 1300. The Hall–Kier alpha value is -3.16. The SMILES string of the molecule is CC(C)(C)c1ccc(CN2CC3C(C2)C3CN(C(=O)Oc2cccs2)c2ccc(N3CCCC3=O)cc2)cc1. The molecule has 0 spiro atoms. The molecule has 1 aliphatic carbocycles. The van der Waals surface area contributed by atoms with Crippen LogP contribution in [0.1, 0.15) is 44.7 Å². The summed E-state index contributed by atoms with van der Waals surface area (Å²) in [7, 11) is 0. The topological polar surface area (TPSA) is 53.1 Å². The smallest absolute Gasteiger partial charge is 0.399 e. The van der Waals surface area contributed by atoms with E-state index < -0.39 is 0 Å². The third-order valence-corrected chi connectivity index (χ3v) is 9.26. The second kappa shape index (κ2) is 10.4. The molecule has 39 heavy (non-hydrogen) atoms. The van der Waals surface area contributed by atoms with Crippen LogP contribution in [-0.2, 0) is 16.8 Å². The van der Waals surface area contributed by atoms with Gasteiger partial charge in [0.05, 0.1) is 0 Å². The van der Waals surface area contributed by atoms with Gasteiger partial charge < -0.3 is 9.64 Å². The number of fused-ring (bicyclic) bond motifs is 1. The molecule has 0 radical (unpaired) electrons. The van der Waals surface area contributed by atoms with Crippen molar-refractivity contribution in [3.63, 3.8) is 0 Å². The number of hydrogen-bond donors (Lipinski definition) is 0. The van der Waals surface area contributed by atoms with Crippen LogP contribution in [-0.4, -0.2) is 43.1 Å². The lowest BCUT2D eigenvalue weighted by atomic mass is 9.87. The third-order valence-electron chi connectivity index (χ3n) is 8.52. The Kier molecular flexibility index (Phi) is 6.98. The largest absolute Gasteiger partial charge is 0.420 e. The molecule has 3 heterocycles. The van der Waals surface area contributed by atoms with Crippen LogP contribution in [0.25, 0.3) is 0 Å². The normalized spacial score (nSPS) is 22.7. The van der Waals surface area contributed by atoms with Gasteiger partial charge in [-0.1, -0.05) is 45.0 Å². The highest BCUT2D eigenvalue weighted by Crippen LogP contribution is 2.52. The number of carbonyl (C=O) groups excluding carboxylic acids is 2. The first-order valence-electron chi connectivity index (χ1n) is 14.0. The summed E-state index contributed by atoms with van der Waals surface area (Å²) in [4.78, 5) is 31.7. The Morgan fingerprint density at radius 1 is 1.03 bits per heavy atom. The van der Waals surface area contributed by atoms with E-state index in [-0.39, 0.29) is 17.4 Å². The van der Waals surface area contributed by atoms with Gasteiger partial charge in [-0.2, -0.15) is 0 Å². The van der Waals surface area contributed by atoms with Crippen LogP contribution in [0.15, 0.2) is 66.0 Å². The molecule has 1 aromatic heterocycles. The summed E-state index contributed by atoms with van der Waals surface area (Å²) in [6.07, 6.45) is 1.15. The summed E-state index contributed by atoms with van der Waals surface area (Å²) in [6, 6.07) is 20.6. The number of amides is 2. The Morgan fingerprint density at radius 3 is 2.33 bits per heavy atom. The van der Waals surface area contributed by atoms with Crippen molar-refractivity contribution in [2.24, 2.45) is 17.8 Å². The van der Waals surface area contributed by atoms with E-state index in [1.165, 1.54) is 22.5 Å². The Morgan fingerprint density at radius 2 is 1.74 bits per heavy atom. The number of anilines is 2. The van der Waals surface area contributed by atoms with Crippen molar-refractivity contribution in [1.82, 2.24) is 4.90 Å². The van der Waals surface area contributed by atoms with Crippen molar-refractivity contribution in [1.29, 1.82) is 0 Å². The van der Waals surface area contributed by atoms with Crippen molar-refractivity contribution in [2.45, 2.75) is 45.6 Å². The van der Waals surface area contributed by atoms with Crippen molar-refractivity contribution in [3.05, 3.63) is 77.2 Å². The number of thiophene rings is 1. The predicted molar refractivity (Wildman–Crippen MR) is 157 cm³/mol. The molecule has 2 atom stereocenters. The molecule has 0 bridgehead atoms. The standard InChI is InChI=1S/C32H37N3O3S/c1-32(2,3)23-10-8-22(9-11-23)18-33-19-26-27(20-33)28(26)21-35(31(37)38-30-7-5-17-39-30)25-14-12-24(13-15-25)34-16-4-6-29(34)36/h5,7-15,17,26-28H,4,6,16,18-21H2,1-3H3. The molecule has 3 aromatic rings. The van der Waals surface area contributed by atoms with E-state index in [0.29, 0.717) is 35.8 Å². The molecule has 2 aromatic carbocycles. The molecule has 204 valence electrons. The fraction of sp³-hybridized carbons (Fsp3) is 0.438. The minimum atomic E-state index is -0.344. The van der Waals surface area contributed by atoms with Crippen LogP contribution in [0.3, 0.4) is 0 Å². The fourth-order valence-corrected chi connectivity index (χ4v) is 6.77. The number of likely N-dealkylation sites (tertiary alicyclic amines) is 1. The average Bonchev–Trinajstić information content (AvgIpc) is 3.40. The van der Waals surface area contributed by atoms with Crippen LogP contribution in [0.4, 0.5) is 16.2 Å². The van der Waals surface area contributed by atoms with Gasteiger partial charge in [-0.15, -0.1) is 11.3 Å². The zero-order chi connectivity index (χ0) is 27.1. The first-order valence-corrected chi connectivity index (χ1v) is 14.9. The summed E-state index contributed by atoms with van der Waals surface area (Å²) >= 11 is 1.42. The summed E-state index contributed by atoms with van der Waals surface area (Å²) in [5.74, 6) is 1.85. The van der Waals surface area contributed by atoms with E-state index in [1.807, 2.05) is 46.7 Å². The Labute approximate surface area is 235 Å². The minimum Gasteiger partial charge on any atom is -0.399 e. The maximum absolute atomic E-state index is 13.3. The van der Waals surface area contributed by atoms with Gasteiger partial charge in [-0.25, -0.2) is 4.79 Å². The number of piperidine rings is 1. The van der Waals surface area contributed by atoms with E-state index in [4.69, 9.17) is 4.74 Å². The van der Waals surface area contributed by atoms with Gasteiger partial charge >= 0.3 is 6.09 Å².